The molecule has 8 heteroatoms. The maximum absolute atomic E-state index is 12.0. The average molecular weight is 374 g/mol. The summed E-state index contributed by atoms with van der Waals surface area (Å²) in [6, 6.07) is 8.30. The van der Waals surface area contributed by atoms with Gasteiger partial charge in [-0.2, -0.15) is 13.8 Å². The first kappa shape index (κ1) is 17.6. The summed E-state index contributed by atoms with van der Waals surface area (Å²) in [7, 11) is 0. The number of hydrogen-bond donors (Lipinski definition) is 1. The molecule has 0 atom stereocenters. The molecular formula is C17H19N5OS2. The van der Waals surface area contributed by atoms with E-state index in [1.807, 2.05) is 23.9 Å². The molecule has 0 fully saturated rings. The smallest absolute Gasteiger partial charge is 0.234 e. The van der Waals surface area contributed by atoms with Crippen LogP contribution in [0.1, 0.15) is 22.5 Å². The molecule has 25 heavy (non-hydrogen) atoms. The molecule has 6 nitrogen and oxygen atoms in total. The van der Waals surface area contributed by atoms with Crippen LogP contribution in [0.4, 0.5) is 5.69 Å². The Morgan fingerprint density at radius 2 is 2.20 bits per heavy atom. The third-order valence-corrected chi connectivity index (χ3v) is 5.16. The molecule has 1 N–H and O–H groups in total. The minimum atomic E-state index is -0.0408. The van der Waals surface area contributed by atoms with Gasteiger partial charge in [-0.3, -0.25) is 9.48 Å². The van der Waals surface area contributed by atoms with Crippen LogP contribution < -0.4 is 5.32 Å². The Balaban J connectivity index is 1.47. The van der Waals surface area contributed by atoms with Gasteiger partial charge in [0.25, 0.3) is 0 Å². The third kappa shape index (κ3) is 5.14. The van der Waals surface area contributed by atoms with Crippen molar-refractivity contribution >= 4 is 35.1 Å². The van der Waals surface area contributed by atoms with Gasteiger partial charge in [-0.25, -0.2) is 0 Å². The van der Waals surface area contributed by atoms with Crippen molar-refractivity contribution < 1.29 is 4.79 Å². The predicted octanol–water partition coefficient (Wildman–Crippen LogP) is 3.27. The molecule has 2 heterocycles. The van der Waals surface area contributed by atoms with E-state index in [2.05, 4.69) is 44.3 Å². The summed E-state index contributed by atoms with van der Waals surface area (Å²) in [4.78, 5) is 12.0. The van der Waals surface area contributed by atoms with Gasteiger partial charge in [0.05, 0.1) is 47.3 Å². The summed E-state index contributed by atoms with van der Waals surface area (Å²) in [5.74, 6) is 1.03. The summed E-state index contributed by atoms with van der Waals surface area (Å²) in [5.41, 5.74) is 5.01. The second kappa shape index (κ2) is 8.26. The van der Waals surface area contributed by atoms with E-state index in [0.717, 1.165) is 11.4 Å². The number of thioether (sulfide) groups is 1. The fourth-order valence-corrected chi connectivity index (χ4v) is 3.80. The lowest BCUT2D eigenvalue weighted by molar-refractivity contribution is -0.113. The first-order chi connectivity index (χ1) is 12.1. The topological polar surface area (TPSA) is 72.7 Å². The van der Waals surface area contributed by atoms with Gasteiger partial charge in [0.1, 0.15) is 0 Å². The number of amides is 1. The van der Waals surface area contributed by atoms with Crippen LogP contribution >= 0.6 is 23.5 Å². The number of nitrogens with one attached hydrogen (secondary N) is 1. The molecule has 0 saturated carbocycles. The van der Waals surface area contributed by atoms with Crippen molar-refractivity contribution in [3.05, 3.63) is 59.2 Å². The van der Waals surface area contributed by atoms with Crippen LogP contribution in [0, 0.1) is 13.8 Å². The molecule has 0 saturated heterocycles. The number of hydrogen-bond acceptors (Lipinski definition) is 6. The molecular weight excluding hydrogens is 354 g/mol. The minimum absolute atomic E-state index is 0.0408. The van der Waals surface area contributed by atoms with Crippen molar-refractivity contribution in [2.45, 2.75) is 26.1 Å². The Morgan fingerprint density at radius 1 is 1.32 bits per heavy atom. The molecule has 0 aliphatic heterocycles. The molecule has 0 bridgehead atoms. The van der Waals surface area contributed by atoms with Crippen molar-refractivity contribution in [2.24, 2.45) is 0 Å². The Kier molecular flexibility index (Phi) is 5.83. The zero-order valence-electron chi connectivity index (χ0n) is 14.1. The van der Waals surface area contributed by atoms with Crippen molar-refractivity contribution in [3.63, 3.8) is 0 Å². The highest BCUT2D eigenvalue weighted by Gasteiger charge is 2.08. The van der Waals surface area contributed by atoms with Crippen molar-refractivity contribution in [2.75, 3.05) is 11.1 Å². The van der Waals surface area contributed by atoms with Gasteiger partial charge in [0.2, 0.25) is 5.91 Å². The van der Waals surface area contributed by atoms with E-state index in [1.54, 1.807) is 6.20 Å². The maximum atomic E-state index is 12.0. The van der Waals surface area contributed by atoms with Gasteiger partial charge >= 0.3 is 0 Å². The lowest BCUT2D eigenvalue weighted by atomic mass is 10.1. The molecule has 3 rings (SSSR count). The second-order valence-electron chi connectivity index (χ2n) is 5.75. The zero-order chi connectivity index (χ0) is 17.6. The van der Waals surface area contributed by atoms with E-state index in [-0.39, 0.29) is 5.91 Å². The Bertz CT molecular complexity index is 858. The Hall–Kier alpha value is -2.19. The fraction of sp³-hybridized carbons (Fsp3) is 0.294. The van der Waals surface area contributed by atoms with Gasteiger partial charge in [0, 0.05) is 11.9 Å². The quantitative estimate of drug-likeness (QED) is 0.688. The molecule has 1 aromatic carbocycles. The predicted molar refractivity (Wildman–Crippen MR) is 102 cm³/mol. The standard InChI is InChI=1S/C17H19N5OS2/c1-12-4-3-5-14(6-12)8-22-9-15(7-18-22)19-17(23)11-24-10-16-13(2)20-25-21-16/h3-7,9H,8,10-11H2,1-2H3,(H,19,23). The van der Waals surface area contributed by atoms with Crippen LogP contribution in [0.3, 0.4) is 0 Å². The van der Waals surface area contributed by atoms with E-state index in [4.69, 9.17) is 0 Å². The number of aryl methyl sites for hydroxylation is 2. The second-order valence-corrected chi connectivity index (χ2v) is 7.27. The van der Waals surface area contributed by atoms with Crippen LogP contribution in [0.2, 0.25) is 0 Å². The summed E-state index contributed by atoms with van der Waals surface area (Å²) in [6.07, 6.45) is 3.52. The fourth-order valence-electron chi connectivity index (χ4n) is 2.33. The number of aromatic nitrogens is 4. The van der Waals surface area contributed by atoms with E-state index < -0.39 is 0 Å². The molecule has 0 radical (unpaired) electrons. The average Bonchev–Trinajstić information content (AvgIpc) is 3.17. The highest BCUT2D eigenvalue weighted by atomic mass is 32.2. The van der Waals surface area contributed by atoms with Crippen molar-refractivity contribution in [1.82, 2.24) is 18.5 Å². The summed E-state index contributed by atoms with van der Waals surface area (Å²) in [5, 5.41) is 7.18. The van der Waals surface area contributed by atoms with Crippen LogP contribution in [-0.2, 0) is 17.1 Å². The molecule has 0 unspecified atom stereocenters. The van der Waals surface area contributed by atoms with E-state index in [1.165, 1.54) is 34.6 Å². The Labute approximate surface area is 155 Å². The van der Waals surface area contributed by atoms with Gasteiger partial charge in [-0.15, -0.1) is 11.8 Å². The summed E-state index contributed by atoms with van der Waals surface area (Å²) < 4.78 is 10.2. The van der Waals surface area contributed by atoms with Gasteiger partial charge in [-0.1, -0.05) is 29.8 Å². The SMILES string of the molecule is Cc1cccc(Cn2cc(NC(=O)CSCc3nsnc3C)cn2)c1. The van der Waals surface area contributed by atoms with Crippen LogP contribution in [0.5, 0.6) is 0 Å². The lowest BCUT2D eigenvalue weighted by Crippen LogP contribution is -2.13. The Morgan fingerprint density at radius 3 is 2.96 bits per heavy atom. The van der Waals surface area contributed by atoms with Crippen molar-refractivity contribution in [1.29, 1.82) is 0 Å². The lowest BCUT2D eigenvalue weighted by Gasteiger charge is -2.03. The molecule has 130 valence electrons. The molecule has 0 aliphatic carbocycles. The maximum Gasteiger partial charge on any atom is 0.234 e. The van der Waals surface area contributed by atoms with Gasteiger partial charge < -0.3 is 5.32 Å². The number of benzene rings is 1. The summed E-state index contributed by atoms with van der Waals surface area (Å²) >= 11 is 2.74. The minimum Gasteiger partial charge on any atom is -0.323 e. The van der Waals surface area contributed by atoms with E-state index >= 15 is 0 Å². The number of rotatable bonds is 7. The highest BCUT2D eigenvalue weighted by molar-refractivity contribution is 7.99. The zero-order valence-corrected chi connectivity index (χ0v) is 15.7. The molecule has 2 aromatic heterocycles. The normalized spacial score (nSPS) is 10.8. The molecule has 1 amide bonds. The number of anilines is 1. The molecule has 0 spiro atoms. The monoisotopic (exact) mass is 373 g/mol. The highest BCUT2D eigenvalue weighted by Crippen LogP contribution is 2.15. The number of nitrogens with zero attached hydrogens (tertiary/aromatic N) is 4. The first-order valence-electron chi connectivity index (χ1n) is 7.84. The molecule has 3 aromatic rings. The number of carbonyl (C=O) groups excluding carboxylic acids is 1. The van der Waals surface area contributed by atoms with Gasteiger partial charge in [-0.05, 0) is 19.4 Å². The molecule has 0 aliphatic rings. The largest absolute Gasteiger partial charge is 0.323 e. The first-order valence-corrected chi connectivity index (χ1v) is 9.72. The summed E-state index contributed by atoms with van der Waals surface area (Å²) in [6.45, 7) is 4.68. The van der Waals surface area contributed by atoms with Crippen molar-refractivity contribution in [3.8, 4) is 0 Å². The van der Waals surface area contributed by atoms with Crippen LogP contribution in [0.25, 0.3) is 0 Å². The van der Waals surface area contributed by atoms with Crippen LogP contribution in [-0.4, -0.2) is 30.2 Å². The number of carbonyl (C=O) groups is 1. The third-order valence-electron chi connectivity index (χ3n) is 3.56. The van der Waals surface area contributed by atoms with E-state index in [0.29, 0.717) is 23.7 Å². The van der Waals surface area contributed by atoms with Crippen LogP contribution in [0.15, 0.2) is 36.7 Å². The van der Waals surface area contributed by atoms with Gasteiger partial charge in [0.15, 0.2) is 0 Å². The van der Waals surface area contributed by atoms with E-state index in [9.17, 15) is 4.79 Å².